The van der Waals surface area contributed by atoms with Crippen molar-refractivity contribution in [3.63, 3.8) is 0 Å². The van der Waals surface area contributed by atoms with Crippen LogP contribution in [0.3, 0.4) is 0 Å². The van der Waals surface area contributed by atoms with Gasteiger partial charge in [-0.3, -0.25) is 14.6 Å². The molecular formula is C27H32ClN3O7. The van der Waals surface area contributed by atoms with E-state index in [0.717, 1.165) is 16.7 Å². The topological polar surface area (TPSA) is 138 Å². The van der Waals surface area contributed by atoms with Crippen molar-refractivity contribution >= 4 is 35.2 Å². The highest BCUT2D eigenvalue weighted by molar-refractivity contribution is 6.39. The van der Waals surface area contributed by atoms with E-state index in [1.165, 1.54) is 5.01 Å². The van der Waals surface area contributed by atoms with E-state index in [-0.39, 0.29) is 25.0 Å². The van der Waals surface area contributed by atoms with Crippen molar-refractivity contribution < 1.29 is 34.1 Å². The number of rotatable bonds is 12. The van der Waals surface area contributed by atoms with Crippen LogP contribution >= 0.6 is 11.6 Å². The van der Waals surface area contributed by atoms with Crippen LogP contribution in [0.15, 0.2) is 53.6 Å². The van der Waals surface area contributed by atoms with Crippen molar-refractivity contribution in [1.82, 2.24) is 10.3 Å². The lowest BCUT2D eigenvalue weighted by Crippen LogP contribution is -2.43. The Labute approximate surface area is 226 Å². The molecule has 38 heavy (non-hydrogen) atoms. The van der Waals surface area contributed by atoms with E-state index < -0.39 is 43.0 Å². The molecule has 1 amide bonds. The number of nitrogens with one attached hydrogen (secondary N) is 1. The van der Waals surface area contributed by atoms with E-state index >= 15 is 0 Å². The highest BCUT2D eigenvalue weighted by Crippen LogP contribution is 2.23. The molecule has 0 aliphatic carbocycles. The van der Waals surface area contributed by atoms with E-state index in [0.29, 0.717) is 17.9 Å². The van der Waals surface area contributed by atoms with Gasteiger partial charge < -0.3 is 25.0 Å². The molecule has 204 valence electrons. The molecule has 2 aromatic carbocycles. The minimum Gasteiger partial charge on any atom is -0.428 e. The van der Waals surface area contributed by atoms with Gasteiger partial charge in [-0.05, 0) is 41.7 Å². The number of benzene rings is 2. The van der Waals surface area contributed by atoms with Crippen molar-refractivity contribution in [3.05, 3.63) is 59.1 Å². The molecule has 2 aromatic rings. The number of hydrogen-bond acceptors (Lipinski definition) is 9. The Balaban J connectivity index is 1.67. The van der Waals surface area contributed by atoms with Crippen LogP contribution in [0.4, 0.5) is 0 Å². The van der Waals surface area contributed by atoms with E-state index in [2.05, 4.69) is 10.4 Å². The Kier molecular flexibility index (Phi) is 10.6. The third-order valence-electron chi connectivity index (χ3n) is 5.93. The number of esters is 2. The molecule has 3 N–H and O–H groups in total. The average molecular weight is 546 g/mol. The van der Waals surface area contributed by atoms with Gasteiger partial charge in [-0.2, -0.15) is 5.10 Å². The number of halogens is 1. The summed E-state index contributed by atoms with van der Waals surface area (Å²) in [4.78, 5) is 36.5. The number of carbonyl (C=O) groups is 3. The monoisotopic (exact) mass is 545 g/mol. The number of ether oxygens (including phenoxy) is 2. The lowest BCUT2D eigenvalue weighted by molar-refractivity contribution is -0.173. The van der Waals surface area contributed by atoms with Crippen molar-refractivity contribution in [2.45, 2.75) is 57.4 Å². The van der Waals surface area contributed by atoms with Gasteiger partial charge in [-0.15, -0.1) is 0 Å². The highest BCUT2D eigenvalue weighted by Gasteiger charge is 2.29. The lowest BCUT2D eigenvalue weighted by atomic mass is 9.97. The van der Waals surface area contributed by atoms with Crippen molar-refractivity contribution in [3.8, 4) is 11.1 Å². The molecule has 0 saturated carbocycles. The summed E-state index contributed by atoms with van der Waals surface area (Å²) in [6.45, 7) is 1.21. The Bertz CT molecular complexity index is 1160. The Morgan fingerprint density at radius 1 is 1.16 bits per heavy atom. The second-order valence-electron chi connectivity index (χ2n) is 8.99. The maximum atomic E-state index is 12.8. The summed E-state index contributed by atoms with van der Waals surface area (Å²) < 4.78 is 9.66. The van der Waals surface area contributed by atoms with Crippen LogP contribution in [0.1, 0.15) is 38.2 Å². The number of aliphatic hydroxyl groups excluding tert-OH is 2. The largest absolute Gasteiger partial charge is 0.428 e. The number of hydrazone groups is 1. The van der Waals surface area contributed by atoms with Crippen LogP contribution in [0.25, 0.3) is 11.1 Å². The molecule has 0 radical (unpaired) electrons. The quantitative estimate of drug-likeness (QED) is 0.273. The summed E-state index contributed by atoms with van der Waals surface area (Å²) in [6, 6.07) is 14.4. The summed E-state index contributed by atoms with van der Waals surface area (Å²) in [7, 11) is 1.55. The molecule has 1 aliphatic heterocycles. The van der Waals surface area contributed by atoms with Gasteiger partial charge in [0.1, 0.15) is 11.9 Å². The molecule has 10 nitrogen and oxygen atoms in total. The van der Waals surface area contributed by atoms with Crippen LogP contribution in [-0.2, 0) is 30.3 Å². The number of nitrogens with zero attached hydrogens (tertiary/aromatic N) is 2. The zero-order valence-electron chi connectivity index (χ0n) is 21.3. The fraction of sp³-hybridized carbons (Fsp3) is 0.407. The predicted molar refractivity (Wildman–Crippen MR) is 141 cm³/mol. The fourth-order valence-corrected chi connectivity index (χ4v) is 4.07. The molecule has 0 fully saturated rings. The molecule has 1 unspecified atom stereocenters. The van der Waals surface area contributed by atoms with Gasteiger partial charge in [0.15, 0.2) is 6.10 Å². The molecule has 3 atom stereocenters. The first-order valence-corrected chi connectivity index (χ1v) is 12.7. The fourth-order valence-electron chi connectivity index (χ4n) is 3.88. The predicted octanol–water partition coefficient (Wildman–Crippen LogP) is 2.64. The van der Waals surface area contributed by atoms with Gasteiger partial charge in [0.05, 0.1) is 0 Å². The van der Waals surface area contributed by atoms with E-state index in [1.807, 2.05) is 49.4 Å². The number of aliphatic hydroxyl groups is 2. The van der Waals surface area contributed by atoms with Gasteiger partial charge in [0.2, 0.25) is 6.79 Å². The molecule has 1 aliphatic rings. The number of carbonyl (C=O) groups excluding carboxylic acids is 3. The summed E-state index contributed by atoms with van der Waals surface area (Å²) in [5.41, 5.74) is 2.89. The SMILES string of the molecule is CCCC(=O)OCOC(=O)[C@H](O)C[C@@H](Cc1ccc(-c2cccc(Cl)c2)cc1)NC(=O)C1=NN(C)C(O)C1. The minimum atomic E-state index is -1.57. The molecule has 1 heterocycles. The second-order valence-corrected chi connectivity index (χ2v) is 9.42. The van der Waals surface area contributed by atoms with Gasteiger partial charge >= 0.3 is 11.9 Å². The van der Waals surface area contributed by atoms with Gasteiger partial charge in [-0.1, -0.05) is 54.9 Å². The van der Waals surface area contributed by atoms with Gasteiger partial charge in [-0.25, -0.2) is 4.79 Å². The first-order chi connectivity index (χ1) is 18.2. The van der Waals surface area contributed by atoms with Crippen LogP contribution < -0.4 is 5.32 Å². The zero-order chi connectivity index (χ0) is 27.7. The van der Waals surface area contributed by atoms with Crippen LogP contribution in [0.2, 0.25) is 5.02 Å². The molecule has 3 rings (SSSR count). The van der Waals surface area contributed by atoms with E-state index in [4.69, 9.17) is 21.1 Å². The van der Waals surface area contributed by atoms with Crippen LogP contribution in [0, 0.1) is 0 Å². The Hall–Kier alpha value is -3.47. The minimum absolute atomic E-state index is 0.0527. The molecule has 0 spiro atoms. The third kappa shape index (κ3) is 8.54. The van der Waals surface area contributed by atoms with Gasteiger partial charge in [0.25, 0.3) is 5.91 Å². The number of amides is 1. The average Bonchev–Trinajstić information content (AvgIpc) is 3.22. The molecular weight excluding hydrogens is 514 g/mol. The van der Waals surface area contributed by atoms with Crippen molar-refractivity contribution in [2.75, 3.05) is 13.8 Å². The van der Waals surface area contributed by atoms with E-state index in [1.54, 1.807) is 13.1 Å². The zero-order valence-corrected chi connectivity index (χ0v) is 22.1. The standard InChI is InChI=1S/C27H32ClN3O7/c1-3-5-25(34)37-16-38-27(36)23(32)14-21(29-26(35)22-15-24(33)31(2)30-22)12-17-8-10-18(11-9-17)19-6-4-7-20(28)13-19/h4,6-11,13,21,23-24,32-33H,3,5,12,14-16H2,1-2H3,(H,29,35)/t21-,23-,24?/m1/s1. The maximum Gasteiger partial charge on any atom is 0.337 e. The smallest absolute Gasteiger partial charge is 0.337 e. The lowest BCUT2D eigenvalue weighted by Gasteiger charge is -2.21. The summed E-state index contributed by atoms with van der Waals surface area (Å²) in [6.07, 6.45) is -1.50. The van der Waals surface area contributed by atoms with Crippen molar-refractivity contribution in [2.24, 2.45) is 5.10 Å². The first-order valence-electron chi connectivity index (χ1n) is 12.3. The summed E-state index contributed by atoms with van der Waals surface area (Å²) >= 11 is 6.10. The first kappa shape index (κ1) is 29.1. The summed E-state index contributed by atoms with van der Waals surface area (Å²) in [5, 5.41) is 29.1. The van der Waals surface area contributed by atoms with E-state index in [9.17, 15) is 24.6 Å². The highest BCUT2D eigenvalue weighted by atomic mass is 35.5. The maximum absolute atomic E-state index is 12.8. The second kappa shape index (κ2) is 13.9. The Morgan fingerprint density at radius 2 is 1.89 bits per heavy atom. The van der Waals surface area contributed by atoms with Crippen molar-refractivity contribution in [1.29, 1.82) is 0 Å². The molecule has 0 aromatic heterocycles. The van der Waals surface area contributed by atoms with Crippen LogP contribution in [-0.4, -0.2) is 71.0 Å². The van der Waals surface area contributed by atoms with Gasteiger partial charge in [0, 0.05) is 37.4 Å². The summed E-state index contributed by atoms with van der Waals surface area (Å²) in [5.74, 6) is -1.99. The molecule has 0 bridgehead atoms. The van der Waals surface area contributed by atoms with Crippen LogP contribution in [0.5, 0.6) is 0 Å². The molecule has 11 heteroatoms. The third-order valence-corrected chi connectivity index (χ3v) is 6.17. The number of hydrogen-bond donors (Lipinski definition) is 3. The normalized spacial score (nSPS) is 16.4. The Morgan fingerprint density at radius 3 is 2.53 bits per heavy atom. The molecule has 0 saturated heterocycles.